The number of methoxy groups -OCH3 is 1. The summed E-state index contributed by atoms with van der Waals surface area (Å²) in [5, 5.41) is 11.7. The minimum absolute atomic E-state index is 0.187. The van der Waals surface area contributed by atoms with Crippen molar-refractivity contribution in [3.05, 3.63) is 29.8 Å². The van der Waals surface area contributed by atoms with Gasteiger partial charge < -0.3 is 14.6 Å². The highest BCUT2D eigenvalue weighted by molar-refractivity contribution is 5.74. The van der Waals surface area contributed by atoms with Crippen LogP contribution in [0.3, 0.4) is 0 Å². The molecule has 1 aromatic rings. The van der Waals surface area contributed by atoms with Crippen LogP contribution in [-0.4, -0.2) is 30.8 Å². The van der Waals surface area contributed by atoms with Gasteiger partial charge in [0.1, 0.15) is 18.0 Å². The summed E-state index contributed by atoms with van der Waals surface area (Å²) in [6.45, 7) is 0.187. The standard InChI is InChI=1S/C11H13NO4/c1-15-8-4-2-7(3-5-8)10-12-9(6-16-10)11(13)14/h2-5,9-10,12H,6H2,1H3,(H,13,14)/t9-,10?/m0/s1. The zero-order chi connectivity index (χ0) is 11.5. The maximum atomic E-state index is 10.7. The fourth-order valence-corrected chi connectivity index (χ4v) is 1.59. The molecule has 16 heavy (non-hydrogen) atoms. The van der Waals surface area contributed by atoms with E-state index in [2.05, 4.69) is 5.32 Å². The third-order valence-corrected chi connectivity index (χ3v) is 2.50. The van der Waals surface area contributed by atoms with Gasteiger partial charge in [0.15, 0.2) is 0 Å². The highest BCUT2D eigenvalue weighted by Crippen LogP contribution is 2.22. The molecule has 1 fully saturated rings. The van der Waals surface area contributed by atoms with Crippen LogP contribution in [0.15, 0.2) is 24.3 Å². The Morgan fingerprint density at radius 1 is 1.50 bits per heavy atom. The van der Waals surface area contributed by atoms with Crippen LogP contribution in [0, 0.1) is 0 Å². The molecule has 1 heterocycles. The lowest BCUT2D eigenvalue weighted by molar-refractivity contribution is -0.139. The summed E-state index contributed by atoms with van der Waals surface area (Å²) < 4.78 is 10.4. The summed E-state index contributed by atoms with van der Waals surface area (Å²) in [4.78, 5) is 10.7. The zero-order valence-electron chi connectivity index (χ0n) is 8.84. The van der Waals surface area contributed by atoms with Crippen LogP contribution in [0.4, 0.5) is 0 Å². The molecule has 2 atom stereocenters. The van der Waals surface area contributed by atoms with Crippen LogP contribution in [0.2, 0.25) is 0 Å². The minimum atomic E-state index is -0.893. The van der Waals surface area contributed by atoms with E-state index in [-0.39, 0.29) is 12.8 Å². The maximum Gasteiger partial charge on any atom is 0.323 e. The van der Waals surface area contributed by atoms with Gasteiger partial charge in [0.05, 0.1) is 13.7 Å². The Morgan fingerprint density at radius 3 is 2.69 bits per heavy atom. The van der Waals surface area contributed by atoms with E-state index in [1.165, 1.54) is 0 Å². The number of carboxylic acid groups (broad SMARTS) is 1. The van der Waals surface area contributed by atoms with Gasteiger partial charge >= 0.3 is 5.97 Å². The Balaban J connectivity index is 2.05. The molecule has 0 aromatic heterocycles. The first kappa shape index (κ1) is 10.9. The van der Waals surface area contributed by atoms with Gasteiger partial charge in [0.25, 0.3) is 0 Å². The number of nitrogens with one attached hydrogen (secondary N) is 1. The number of hydrogen-bond donors (Lipinski definition) is 2. The molecule has 5 nitrogen and oxygen atoms in total. The lowest BCUT2D eigenvalue weighted by Crippen LogP contribution is -2.33. The lowest BCUT2D eigenvalue weighted by Gasteiger charge is -2.11. The average molecular weight is 223 g/mol. The lowest BCUT2D eigenvalue weighted by atomic mass is 10.2. The second-order valence-corrected chi connectivity index (χ2v) is 3.54. The first-order valence-electron chi connectivity index (χ1n) is 4.95. The van der Waals surface area contributed by atoms with Gasteiger partial charge in [-0.1, -0.05) is 12.1 Å². The predicted molar refractivity (Wildman–Crippen MR) is 56.2 cm³/mol. The monoisotopic (exact) mass is 223 g/mol. The molecule has 0 bridgehead atoms. The SMILES string of the molecule is COc1ccc(C2N[C@H](C(=O)O)CO2)cc1. The quantitative estimate of drug-likeness (QED) is 0.792. The van der Waals surface area contributed by atoms with E-state index >= 15 is 0 Å². The molecular weight excluding hydrogens is 210 g/mol. The van der Waals surface area contributed by atoms with Gasteiger partial charge in [0.2, 0.25) is 0 Å². The minimum Gasteiger partial charge on any atom is -0.497 e. The number of ether oxygens (including phenoxy) is 2. The smallest absolute Gasteiger partial charge is 0.323 e. The summed E-state index contributed by atoms with van der Waals surface area (Å²) in [5.41, 5.74) is 0.893. The van der Waals surface area contributed by atoms with Crippen molar-refractivity contribution in [2.75, 3.05) is 13.7 Å². The number of carbonyl (C=O) groups is 1. The van der Waals surface area contributed by atoms with Crippen LogP contribution >= 0.6 is 0 Å². The summed E-state index contributed by atoms with van der Waals surface area (Å²) in [5.74, 6) is -0.132. The zero-order valence-corrected chi connectivity index (χ0v) is 8.84. The Bertz CT molecular complexity index is 376. The summed E-state index contributed by atoms with van der Waals surface area (Å²) >= 11 is 0. The second-order valence-electron chi connectivity index (χ2n) is 3.54. The fraction of sp³-hybridized carbons (Fsp3) is 0.364. The Labute approximate surface area is 93.0 Å². The van der Waals surface area contributed by atoms with Crippen molar-refractivity contribution in [2.24, 2.45) is 0 Å². The maximum absolute atomic E-state index is 10.7. The van der Waals surface area contributed by atoms with Crippen molar-refractivity contribution in [3.63, 3.8) is 0 Å². The van der Waals surface area contributed by atoms with Gasteiger partial charge in [-0.25, -0.2) is 0 Å². The van der Waals surface area contributed by atoms with Crippen LogP contribution in [-0.2, 0) is 9.53 Å². The Kier molecular flexibility index (Phi) is 3.07. The van der Waals surface area contributed by atoms with E-state index in [9.17, 15) is 4.79 Å². The Hall–Kier alpha value is -1.59. The molecule has 0 spiro atoms. The van der Waals surface area contributed by atoms with Gasteiger partial charge in [-0.05, 0) is 17.7 Å². The van der Waals surface area contributed by atoms with Crippen molar-refractivity contribution >= 4 is 5.97 Å². The van der Waals surface area contributed by atoms with E-state index in [1.54, 1.807) is 7.11 Å². The molecule has 2 N–H and O–H groups in total. The van der Waals surface area contributed by atoms with Gasteiger partial charge in [-0.3, -0.25) is 10.1 Å². The van der Waals surface area contributed by atoms with Crippen LogP contribution in [0.5, 0.6) is 5.75 Å². The van der Waals surface area contributed by atoms with E-state index in [0.29, 0.717) is 0 Å². The number of carboxylic acids is 1. The molecule has 2 rings (SSSR count). The third-order valence-electron chi connectivity index (χ3n) is 2.50. The van der Waals surface area contributed by atoms with E-state index in [4.69, 9.17) is 14.6 Å². The van der Waals surface area contributed by atoms with Gasteiger partial charge in [-0.15, -0.1) is 0 Å². The van der Waals surface area contributed by atoms with Crippen molar-refractivity contribution in [1.29, 1.82) is 0 Å². The molecule has 0 amide bonds. The predicted octanol–water partition coefficient (Wildman–Crippen LogP) is 0.767. The molecule has 1 aliphatic heterocycles. The largest absolute Gasteiger partial charge is 0.497 e. The average Bonchev–Trinajstić information content (AvgIpc) is 2.78. The molecule has 1 aliphatic rings. The van der Waals surface area contributed by atoms with Gasteiger partial charge in [-0.2, -0.15) is 0 Å². The number of rotatable bonds is 3. The van der Waals surface area contributed by atoms with Crippen molar-refractivity contribution in [3.8, 4) is 5.75 Å². The van der Waals surface area contributed by atoms with Crippen molar-refractivity contribution in [2.45, 2.75) is 12.3 Å². The van der Waals surface area contributed by atoms with Crippen LogP contribution < -0.4 is 10.1 Å². The first-order chi connectivity index (χ1) is 7.70. The van der Waals surface area contributed by atoms with E-state index in [0.717, 1.165) is 11.3 Å². The van der Waals surface area contributed by atoms with Crippen molar-refractivity contribution in [1.82, 2.24) is 5.32 Å². The highest BCUT2D eigenvalue weighted by atomic mass is 16.5. The van der Waals surface area contributed by atoms with Crippen LogP contribution in [0.1, 0.15) is 11.8 Å². The molecular formula is C11H13NO4. The second kappa shape index (κ2) is 4.51. The topological polar surface area (TPSA) is 67.8 Å². The van der Waals surface area contributed by atoms with Crippen molar-refractivity contribution < 1.29 is 19.4 Å². The summed E-state index contributed by atoms with van der Waals surface area (Å²) in [6.07, 6.45) is -0.355. The number of benzene rings is 1. The molecule has 5 heteroatoms. The molecule has 1 saturated heterocycles. The number of hydrogen-bond acceptors (Lipinski definition) is 4. The fourth-order valence-electron chi connectivity index (χ4n) is 1.59. The van der Waals surface area contributed by atoms with Crippen LogP contribution in [0.25, 0.3) is 0 Å². The van der Waals surface area contributed by atoms with Gasteiger partial charge in [0, 0.05) is 0 Å². The first-order valence-corrected chi connectivity index (χ1v) is 4.95. The summed E-state index contributed by atoms with van der Waals surface area (Å²) in [6, 6.07) is 6.69. The molecule has 1 aromatic carbocycles. The molecule has 1 unspecified atom stereocenters. The van der Waals surface area contributed by atoms with E-state index < -0.39 is 12.0 Å². The molecule has 86 valence electrons. The highest BCUT2D eigenvalue weighted by Gasteiger charge is 2.30. The summed E-state index contributed by atoms with van der Waals surface area (Å²) in [7, 11) is 1.60. The Morgan fingerprint density at radius 2 is 2.19 bits per heavy atom. The molecule has 0 radical (unpaired) electrons. The third kappa shape index (κ3) is 2.15. The number of aliphatic carboxylic acids is 1. The molecule has 0 aliphatic carbocycles. The molecule has 0 saturated carbocycles. The normalized spacial score (nSPS) is 24.3. The van der Waals surface area contributed by atoms with E-state index in [1.807, 2.05) is 24.3 Å².